The fourth-order valence-electron chi connectivity index (χ4n) is 2.66. The lowest BCUT2D eigenvalue weighted by Crippen LogP contribution is -2.48. The van der Waals surface area contributed by atoms with Crippen molar-refractivity contribution in [3.8, 4) is 5.75 Å². The largest absolute Gasteiger partial charge is 0.506 e. The van der Waals surface area contributed by atoms with Gasteiger partial charge in [-0.3, -0.25) is 9.78 Å². The van der Waals surface area contributed by atoms with Crippen molar-refractivity contribution in [3.63, 3.8) is 0 Å². The van der Waals surface area contributed by atoms with Gasteiger partial charge in [0.1, 0.15) is 5.75 Å². The van der Waals surface area contributed by atoms with Gasteiger partial charge in [0.25, 0.3) is 5.91 Å². The molecule has 0 spiro atoms. The number of carbonyl (C=O) groups excluding carboxylic acids is 1. The van der Waals surface area contributed by atoms with Crippen molar-refractivity contribution in [2.45, 2.75) is 6.92 Å². The van der Waals surface area contributed by atoms with Crippen molar-refractivity contribution >= 4 is 11.6 Å². The Labute approximate surface area is 129 Å². The predicted molar refractivity (Wildman–Crippen MR) is 85.2 cm³/mol. The summed E-state index contributed by atoms with van der Waals surface area (Å²) < 4.78 is 0. The SMILES string of the molecule is Cc1ccc(C(=O)N2CCN(c3ccccc3O)CC2)cn1. The zero-order valence-electron chi connectivity index (χ0n) is 12.6. The summed E-state index contributed by atoms with van der Waals surface area (Å²) in [5.74, 6) is 0.300. The summed E-state index contributed by atoms with van der Waals surface area (Å²) in [5, 5.41) is 9.91. The van der Waals surface area contributed by atoms with E-state index in [1.165, 1.54) is 0 Å². The number of amides is 1. The van der Waals surface area contributed by atoms with Crippen LogP contribution in [0.3, 0.4) is 0 Å². The molecule has 3 rings (SSSR count). The number of hydrogen-bond acceptors (Lipinski definition) is 4. The Morgan fingerprint density at radius 1 is 1.09 bits per heavy atom. The summed E-state index contributed by atoms with van der Waals surface area (Å²) in [6, 6.07) is 11.0. The highest BCUT2D eigenvalue weighted by atomic mass is 16.3. The zero-order valence-corrected chi connectivity index (χ0v) is 12.6. The van der Waals surface area contributed by atoms with Crippen LogP contribution in [0, 0.1) is 6.92 Å². The minimum atomic E-state index is 0.0180. The van der Waals surface area contributed by atoms with Gasteiger partial charge in [-0.25, -0.2) is 0 Å². The summed E-state index contributed by atoms with van der Waals surface area (Å²) in [7, 11) is 0. The number of phenols is 1. The van der Waals surface area contributed by atoms with E-state index in [1.54, 1.807) is 12.3 Å². The van der Waals surface area contributed by atoms with Crippen LogP contribution in [0.4, 0.5) is 5.69 Å². The quantitative estimate of drug-likeness (QED) is 0.922. The molecule has 114 valence electrons. The Bertz CT molecular complexity index is 662. The number of aromatic nitrogens is 1. The van der Waals surface area contributed by atoms with Gasteiger partial charge in [0, 0.05) is 38.1 Å². The van der Waals surface area contributed by atoms with E-state index in [4.69, 9.17) is 0 Å². The average Bonchev–Trinajstić information content (AvgIpc) is 2.56. The second kappa shape index (κ2) is 6.05. The number of para-hydroxylation sites is 2. The number of aromatic hydroxyl groups is 1. The van der Waals surface area contributed by atoms with Crippen molar-refractivity contribution < 1.29 is 9.90 Å². The Balaban J connectivity index is 1.65. The van der Waals surface area contributed by atoms with Gasteiger partial charge < -0.3 is 14.9 Å². The first kappa shape index (κ1) is 14.4. The number of pyridine rings is 1. The van der Waals surface area contributed by atoms with E-state index >= 15 is 0 Å². The number of phenolic OH excluding ortho intramolecular Hbond substituents is 1. The van der Waals surface area contributed by atoms with Crippen LogP contribution in [-0.2, 0) is 0 Å². The van der Waals surface area contributed by atoms with E-state index in [2.05, 4.69) is 9.88 Å². The van der Waals surface area contributed by atoms with Gasteiger partial charge in [-0.05, 0) is 31.2 Å². The molecule has 1 aromatic heterocycles. The molecular formula is C17H19N3O2. The molecule has 0 atom stereocenters. The lowest BCUT2D eigenvalue weighted by Gasteiger charge is -2.36. The second-order valence-electron chi connectivity index (χ2n) is 5.46. The third-order valence-corrected chi connectivity index (χ3v) is 3.95. The zero-order chi connectivity index (χ0) is 15.5. The molecule has 1 aromatic carbocycles. The maximum Gasteiger partial charge on any atom is 0.255 e. The number of carbonyl (C=O) groups is 1. The molecule has 0 bridgehead atoms. The predicted octanol–water partition coefficient (Wildman–Crippen LogP) is 2.06. The Hall–Kier alpha value is -2.56. The van der Waals surface area contributed by atoms with E-state index in [9.17, 15) is 9.90 Å². The summed E-state index contributed by atoms with van der Waals surface area (Å²) >= 11 is 0. The summed E-state index contributed by atoms with van der Waals surface area (Å²) in [5.41, 5.74) is 2.36. The van der Waals surface area contributed by atoms with Crippen LogP contribution in [0.5, 0.6) is 5.75 Å². The first-order valence-corrected chi connectivity index (χ1v) is 7.40. The molecule has 1 aliphatic rings. The molecule has 22 heavy (non-hydrogen) atoms. The van der Waals surface area contributed by atoms with Crippen LogP contribution in [0.1, 0.15) is 16.1 Å². The van der Waals surface area contributed by atoms with Crippen LogP contribution in [0.2, 0.25) is 0 Å². The molecule has 5 nitrogen and oxygen atoms in total. The van der Waals surface area contributed by atoms with Gasteiger partial charge in [0.2, 0.25) is 0 Å². The van der Waals surface area contributed by atoms with Crippen molar-refractivity contribution in [2.75, 3.05) is 31.1 Å². The molecule has 0 radical (unpaired) electrons. The molecule has 1 aliphatic heterocycles. The molecule has 0 unspecified atom stereocenters. The van der Waals surface area contributed by atoms with Crippen LogP contribution in [-0.4, -0.2) is 47.1 Å². The van der Waals surface area contributed by atoms with Crippen molar-refractivity contribution in [1.29, 1.82) is 0 Å². The van der Waals surface area contributed by atoms with Gasteiger partial charge in [0.15, 0.2) is 0 Å². The van der Waals surface area contributed by atoms with Gasteiger partial charge in [0.05, 0.1) is 11.3 Å². The summed E-state index contributed by atoms with van der Waals surface area (Å²) in [6.45, 7) is 4.60. The van der Waals surface area contributed by atoms with Gasteiger partial charge in [-0.1, -0.05) is 12.1 Å². The van der Waals surface area contributed by atoms with Gasteiger partial charge in [-0.2, -0.15) is 0 Å². The highest BCUT2D eigenvalue weighted by molar-refractivity contribution is 5.94. The van der Waals surface area contributed by atoms with Crippen LogP contribution >= 0.6 is 0 Å². The van der Waals surface area contributed by atoms with Gasteiger partial charge in [-0.15, -0.1) is 0 Å². The third-order valence-electron chi connectivity index (χ3n) is 3.95. The first-order valence-electron chi connectivity index (χ1n) is 7.40. The third kappa shape index (κ3) is 2.88. The molecule has 1 amide bonds. The smallest absolute Gasteiger partial charge is 0.255 e. The highest BCUT2D eigenvalue weighted by Crippen LogP contribution is 2.27. The molecule has 1 N–H and O–H groups in total. The molecule has 5 heteroatoms. The number of rotatable bonds is 2. The minimum absolute atomic E-state index is 0.0180. The van der Waals surface area contributed by atoms with E-state index in [1.807, 2.05) is 42.2 Å². The van der Waals surface area contributed by atoms with Crippen LogP contribution in [0.25, 0.3) is 0 Å². The highest BCUT2D eigenvalue weighted by Gasteiger charge is 2.23. The number of benzene rings is 1. The van der Waals surface area contributed by atoms with E-state index < -0.39 is 0 Å². The number of hydrogen-bond donors (Lipinski definition) is 1. The van der Waals surface area contributed by atoms with Crippen molar-refractivity contribution in [3.05, 3.63) is 53.9 Å². The number of piperazine rings is 1. The lowest BCUT2D eigenvalue weighted by atomic mass is 10.2. The maximum absolute atomic E-state index is 12.4. The average molecular weight is 297 g/mol. The van der Waals surface area contributed by atoms with Crippen molar-refractivity contribution in [1.82, 2.24) is 9.88 Å². The number of anilines is 1. The molecule has 2 heterocycles. The van der Waals surface area contributed by atoms with Crippen molar-refractivity contribution in [2.24, 2.45) is 0 Å². The topological polar surface area (TPSA) is 56.7 Å². The Kier molecular flexibility index (Phi) is 3.96. The van der Waals surface area contributed by atoms with E-state index in [0.717, 1.165) is 11.4 Å². The normalized spacial score (nSPS) is 15.0. The molecule has 2 aromatic rings. The fourth-order valence-corrected chi connectivity index (χ4v) is 2.66. The molecule has 1 saturated heterocycles. The summed E-state index contributed by atoms with van der Waals surface area (Å²) in [6.07, 6.45) is 1.63. The molecular weight excluding hydrogens is 278 g/mol. The second-order valence-corrected chi connectivity index (χ2v) is 5.46. The molecule has 0 aliphatic carbocycles. The Morgan fingerprint density at radius 2 is 1.82 bits per heavy atom. The number of nitrogens with zero attached hydrogens (tertiary/aromatic N) is 3. The maximum atomic E-state index is 12.4. The monoisotopic (exact) mass is 297 g/mol. The van der Waals surface area contributed by atoms with E-state index in [-0.39, 0.29) is 11.7 Å². The fraction of sp³-hybridized carbons (Fsp3) is 0.294. The van der Waals surface area contributed by atoms with Gasteiger partial charge >= 0.3 is 0 Å². The summed E-state index contributed by atoms with van der Waals surface area (Å²) in [4.78, 5) is 20.6. The lowest BCUT2D eigenvalue weighted by molar-refractivity contribution is 0.0746. The number of aryl methyl sites for hydroxylation is 1. The van der Waals surface area contributed by atoms with Crippen LogP contribution < -0.4 is 4.90 Å². The minimum Gasteiger partial charge on any atom is -0.506 e. The first-order chi connectivity index (χ1) is 10.6. The van der Waals surface area contributed by atoms with E-state index in [0.29, 0.717) is 31.7 Å². The Morgan fingerprint density at radius 3 is 2.45 bits per heavy atom. The van der Waals surface area contributed by atoms with Crippen LogP contribution in [0.15, 0.2) is 42.6 Å². The molecule has 0 saturated carbocycles. The molecule has 1 fully saturated rings. The standard InChI is InChI=1S/C17H19N3O2/c1-13-6-7-14(12-18-13)17(22)20-10-8-19(9-11-20)15-4-2-3-5-16(15)21/h2-7,12,21H,8-11H2,1H3.